The minimum atomic E-state index is 0.288. The Bertz CT molecular complexity index is 536. The first-order valence-corrected chi connectivity index (χ1v) is 5.81. The van der Waals surface area contributed by atoms with Crippen molar-refractivity contribution in [1.82, 2.24) is 0 Å². The van der Waals surface area contributed by atoms with Gasteiger partial charge < -0.3 is 9.84 Å². The molecule has 0 saturated heterocycles. The maximum Gasteiger partial charge on any atom is 0.118 e. The van der Waals surface area contributed by atoms with Crippen LogP contribution in [0.3, 0.4) is 0 Å². The minimum absolute atomic E-state index is 0.288. The number of phenolic OH excluding ortho intramolecular Hbond substituents is 1. The average Bonchev–Trinajstić information content (AvgIpc) is 2.40. The van der Waals surface area contributed by atoms with Gasteiger partial charge in [-0.2, -0.15) is 0 Å². The van der Waals surface area contributed by atoms with Gasteiger partial charge in [-0.15, -0.1) is 0 Å². The second-order valence-corrected chi connectivity index (χ2v) is 4.15. The van der Waals surface area contributed by atoms with E-state index < -0.39 is 0 Å². The van der Waals surface area contributed by atoms with Crippen LogP contribution < -0.4 is 4.74 Å². The highest BCUT2D eigenvalue weighted by Crippen LogP contribution is 2.21. The molecule has 0 heterocycles. The average molecular weight is 240 g/mol. The van der Waals surface area contributed by atoms with Gasteiger partial charge in [0.2, 0.25) is 0 Å². The second-order valence-electron chi connectivity index (χ2n) is 4.15. The summed E-state index contributed by atoms with van der Waals surface area (Å²) in [6.45, 7) is 2.05. The Labute approximate surface area is 107 Å². The van der Waals surface area contributed by atoms with E-state index in [2.05, 4.69) is 13.0 Å². The molecule has 1 N–H and O–H groups in total. The van der Waals surface area contributed by atoms with E-state index in [0.29, 0.717) is 0 Å². The molecular formula is C16H16O2. The molecule has 0 unspecified atom stereocenters. The van der Waals surface area contributed by atoms with Crippen LogP contribution in [0.15, 0.2) is 48.5 Å². The van der Waals surface area contributed by atoms with Gasteiger partial charge in [0.25, 0.3) is 0 Å². The van der Waals surface area contributed by atoms with E-state index in [0.717, 1.165) is 22.4 Å². The molecule has 0 bridgehead atoms. The molecule has 2 heteroatoms. The zero-order valence-corrected chi connectivity index (χ0v) is 10.6. The molecule has 0 spiro atoms. The van der Waals surface area contributed by atoms with Gasteiger partial charge in [0.15, 0.2) is 0 Å². The number of benzene rings is 2. The lowest BCUT2D eigenvalue weighted by molar-refractivity contribution is 0.415. The summed E-state index contributed by atoms with van der Waals surface area (Å²) in [7, 11) is 1.66. The number of ether oxygens (including phenoxy) is 1. The van der Waals surface area contributed by atoms with Gasteiger partial charge in [0, 0.05) is 0 Å². The van der Waals surface area contributed by atoms with Crippen LogP contribution in [0.25, 0.3) is 11.6 Å². The Kier molecular flexibility index (Phi) is 3.68. The summed E-state index contributed by atoms with van der Waals surface area (Å²) in [5.41, 5.74) is 3.38. The monoisotopic (exact) mass is 240 g/mol. The molecule has 2 nitrogen and oxygen atoms in total. The third kappa shape index (κ3) is 2.92. The molecule has 18 heavy (non-hydrogen) atoms. The normalized spacial score (nSPS) is 11.3. The van der Waals surface area contributed by atoms with Gasteiger partial charge in [-0.1, -0.05) is 30.3 Å². The van der Waals surface area contributed by atoms with Gasteiger partial charge in [0.1, 0.15) is 11.5 Å². The third-order valence-electron chi connectivity index (χ3n) is 2.82. The summed E-state index contributed by atoms with van der Waals surface area (Å²) in [4.78, 5) is 0. The summed E-state index contributed by atoms with van der Waals surface area (Å²) in [5, 5.41) is 9.25. The van der Waals surface area contributed by atoms with Crippen molar-refractivity contribution in [2.75, 3.05) is 7.11 Å². The number of phenols is 1. The molecule has 2 aromatic rings. The Hall–Kier alpha value is -2.22. The van der Waals surface area contributed by atoms with Crippen molar-refractivity contribution in [1.29, 1.82) is 0 Å². The van der Waals surface area contributed by atoms with Gasteiger partial charge in [-0.25, -0.2) is 0 Å². The van der Waals surface area contributed by atoms with Gasteiger partial charge >= 0.3 is 0 Å². The van der Waals surface area contributed by atoms with Gasteiger partial charge in [0.05, 0.1) is 7.11 Å². The fraction of sp³-hybridized carbons (Fsp3) is 0.125. The maximum absolute atomic E-state index is 9.25. The fourth-order valence-corrected chi connectivity index (χ4v) is 1.76. The highest BCUT2D eigenvalue weighted by molar-refractivity contribution is 5.80. The zero-order valence-electron chi connectivity index (χ0n) is 10.6. The number of rotatable bonds is 3. The quantitative estimate of drug-likeness (QED) is 0.823. The van der Waals surface area contributed by atoms with E-state index in [1.165, 1.54) is 0 Å². The lowest BCUT2D eigenvalue weighted by Crippen LogP contribution is -1.83. The number of hydrogen-bond donors (Lipinski definition) is 1. The first-order valence-electron chi connectivity index (χ1n) is 5.81. The van der Waals surface area contributed by atoms with Crippen LogP contribution in [-0.4, -0.2) is 12.2 Å². The van der Waals surface area contributed by atoms with E-state index in [1.807, 2.05) is 36.4 Å². The highest BCUT2D eigenvalue weighted by Gasteiger charge is 1.97. The van der Waals surface area contributed by atoms with Crippen molar-refractivity contribution in [3.8, 4) is 11.5 Å². The Morgan fingerprint density at radius 2 is 1.61 bits per heavy atom. The van der Waals surface area contributed by atoms with Crippen LogP contribution in [0.1, 0.15) is 18.1 Å². The summed E-state index contributed by atoms with van der Waals surface area (Å²) in [6, 6.07) is 15.1. The van der Waals surface area contributed by atoms with E-state index in [-0.39, 0.29) is 5.75 Å². The second kappa shape index (κ2) is 5.41. The van der Waals surface area contributed by atoms with Crippen LogP contribution >= 0.6 is 0 Å². The lowest BCUT2D eigenvalue weighted by Gasteiger charge is -2.03. The van der Waals surface area contributed by atoms with Crippen molar-refractivity contribution in [3.63, 3.8) is 0 Å². The third-order valence-corrected chi connectivity index (χ3v) is 2.82. The maximum atomic E-state index is 9.25. The van der Waals surface area contributed by atoms with Crippen molar-refractivity contribution in [3.05, 3.63) is 59.7 Å². The SMILES string of the molecule is COc1ccc(C=C(C)c2ccc(O)cc2)cc1. The predicted octanol–water partition coefficient (Wildman–Crippen LogP) is 3.96. The molecule has 0 saturated carbocycles. The predicted molar refractivity (Wildman–Crippen MR) is 74.6 cm³/mol. The van der Waals surface area contributed by atoms with Crippen molar-refractivity contribution >= 4 is 11.6 Å². The molecule has 2 rings (SSSR count). The molecule has 0 aliphatic heterocycles. The molecule has 0 fully saturated rings. The standard InChI is InChI=1S/C16H16O2/c1-12(14-5-7-15(17)8-6-14)11-13-3-9-16(18-2)10-4-13/h3-11,17H,1-2H3. The summed E-state index contributed by atoms with van der Waals surface area (Å²) in [6.07, 6.45) is 2.10. The first-order chi connectivity index (χ1) is 8.69. The Morgan fingerprint density at radius 1 is 1.00 bits per heavy atom. The largest absolute Gasteiger partial charge is 0.508 e. The molecule has 92 valence electrons. The number of allylic oxidation sites excluding steroid dienone is 1. The topological polar surface area (TPSA) is 29.5 Å². The fourth-order valence-electron chi connectivity index (χ4n) is 1.76. The Morgan fingerprint density at radius 3 is 2.17 bits per heavy atom. The molecule has 0 amide bonds. The van der Waals surface area contributed by atoms with Crippen LogP contribution in [0.4, 0.5) is 0 Å². The number of hydrogen-bond acceptors (Lipinski definition) is 2. The van der Waals surface area contributed by atoms with E-state index >= 15 is 0 Å². The van der Waals surface area contributed by atoms with Crippen molar-refractivity contribution in [2.24, 2.45) is 0 Å². The first kappa shape index (κ1) is 12.2. The lowest BCUT2D eigenvalue weighted by atomic mass is 10.0. The molecule has 0 aliphatic rings. The van der Waals surface area contributed by atoms with Crippen LogP contribution in [0, 0.1) is 0 Å². The van der Waals surface area contributed by atoms with Crippen LogP contribution in [0.2, 0.25) is 0 Å². The zero-order chi connectivity index (χ0) is 13.0. The summed E-state index contributed by atoms with van der Waals surface area (Å²) >= 11 is 0. The van der Waals surface area contributed by atoms with E-state index in [9.17, 15) is 5.11 Å². The highest BCUT2D eigenvalue weighted by atomic mass is 16.5. The minimum Gasteiger partial charge on any atom is -0.508 e. The van der Waals surface area contributed by atoms with E-state index in [1.54, 1.807) is 19.2 Å². The summed E-state index contributed by atoms with van der Waals surface area (Å²) in [5.74, 6) is 1.14. The molecule has 0 aliphatic carbocycles. The van der Waals surface area contributed by atoms with Crippen LogP contribution in [0.5, 0.6) is 11.5 Å². The van der Waals surface area contributed by atoms with Crippen molar-refractivity contribution in [2.45, 2.75) is 6.92 Å². The molecule has 0 atom stereocenters. The molecule has 2 aromatic carbocycles. The van der Waals surface area contributed by atoms with Gasteiger partial charge in [-0.05, 0) is 47.9 Å². The van der Waals surface area contributed by atoms with E-state index in [4.69, 9.17) is 4.74 Å². The Balaban J connectivity index is 2.23. The van der Waals surface area contributed by atoms with Crippen LogP contribution in [-0.2, 0) is 0 Å². The molecular weight excluding hydrogens is 224 g/mol. The summed E-state index contributed by atoms with van der Waals surface area (Å²) < 4.78 is 5.12. The molecule has 0 radical (unpaired) electrons. The molecule has 0 aromatic heterocycles. The smallest absolute Gasteiger partial charge is 0.118 e. The number of aromatic hydroxyl groups is 1. The van der Waals surface area contributed by atoms with Crippen molar-refractivity contribution < 1.29 is 9.84 Å². The number of methoxy groups -OCH3 is 1. The van der Waals surface area contributed by atoms with Gasteiger partial charge in [-0.3, -0.25) is 0 Å².